The van der Waals surface area contributed by atoms with Crippen molar-refractivity contribution >= 4 is 16.5 Å². The zero-order valence-corrected chi connectivity index (χ0v) is 10.5. The molecule has 0 amide bonds. The van der Waals surface area contributed by atoms with Crippen molar-refractivity contribution in [2.45, 2.75) is 19.4 Å². The number of likely N-dealkylation sites (N-methyl/N-ethyl adjacent to an activating group) is 1. The van der Waals surface area contributed by atoms with Gasteiger partial charge >= 0.3 is 0 Å². The third-order valence-corrected chi connectivity index (χ3v) is 3.48. The fraction of sp³-hybridized carbons (Fsp3) is 0.727. The Labute approximate surface area is 100 Å². The summed E-state index contributed by atoms with van der Waals surface area (Å²) in [6.45, 7) is 3.63. The third kappa shape index (κ3) is 4.08. The van der Waals surface area contributed by atoms with Crippen LogP contribution >= 0.6 is 11.3 Å². The lowest BCUT2D eigenvalue weighted by atomic mass is 10.4. The first-order valence-corrected chi connectivity index (χ1v) is 6.52. The van der Waals surface area contributed by atoms with Crippen molar-refractivity contribution in [3.8, 4) is 0 Å². The van der Waals surface area contributed by atoms with Crippen molar-refractivity contribution in [1.82, 2.24) is 9.88 Å². The molecule has 2 N–H and O–H groups in total. The molecule has 1 aromatic rings. The van der Waals surface area contributed by atoms with Gasteiger partial charge in [-0.1, -0.05) is 0 Å². The number of thiazole rings is 1. The third-order valence-electron chi connectivity index (χ3n) is 2.67. The Balaban J connectivity index is 1.57. The van der Waals surface area contributed by atoms with Gasteiger partial charge in [0.1, 0.15) is 0 Å². The highest BCUT2D eigenvalue weighted by Gasteiger charge is 2.20. The van der Waals surface area contributed by atoms with Crippen molar-refractivity contribution in [3.05, 3.63) is 11.1 Å². The monoisotopic (exact) mass is 241 g/mol. The molecule has 1 aliphatic rings. The van der Waals surface area contributed by atoms with Crippen LogP contribution in [0.3, 0.4) is 0 Å². The first kappa shape index (κ1) is 11.8. The van der Waals surface area contributed by atoms with E-state index in [0.717, 1.165) is 32.2 Å². The van der Waals surface area contributed by atoms with Crippen LogP contribution in [0.2, 0.25) is 0 Å². The van der Waals surface area contributed by atoms with Gasteiger partial charge in [-0.3, -0.25) is 4.90 Å². The Morgan fingerprint density at radius 2 is 2.44 bits per heavy atom. The summed E-state index contributed by atoms with van der Waals surface area (Å²) in [6, 6.07) is 0. The zero-order chi connectivity index (χ0) is 11.4. The molecule has 1 fully saturated rings. The summed E-state index contributed by atoms with van der Waals surface area (Å²) in [4.78, 5) is 7.48. The van der Waals surface area contributed by atoms with E-state index in [1.165, 1.54) is 17.7 Å². The molecule has 1 aliphatic carbocycles. The van der Waals surface area contributed by atoms with Crippen LogP contribution in [0.25, 0.3) is 0 Å². The predicted molar refractivity (Wildman–Crippen MR) is 66.4 cm³/mol. The number of anilines is 1. The average Bonchev–Trinajstić information content (AvgIpc) is 2.98. The van der Waals surface area contributed by atoms with Gasteiger partial charge in [-0.05, 0) is 25.8 Å². The minimum Gasteiger partial charge on any atom is -0.380 e. The molecule has 4 nitrogen and oxygen atoms in total. The quantitative estimate of drug-likeness (QED) is 0.736. The van der Waals surface area contributed by atoms with Crippen LogP contribution in [0.1, 0.15) is 17.7 Å². The highest BCUT2D eigenvalue weighted by Crippen LogP contribution is 2.28. The van der Waals surface area contributed by atoms with Crippen LogP contribution < -0.4 is 5.73 Å². The molecule has 1 saturated carbocycles. The molecule has 0 aliphatic heterocycles. The highest BCUT2D eigenvalue weighted by atomic mass is 32.1. The van der Waals surface area contributed by atoms with E-state index >= 15 is 0 Å². The molecular formula is C11H19N3OS. The molecule has 0 radical (unpaired) electrons. The van der Waals surface area contributed by atoms with Crippen LogP contribution in [0.15, 0.2) is 6.20 Å². The van der Waals surface area contributed by atoms with Gasteiger partial charge in [0.15, 0.2) is 5.13 Å². The van der Waals surface area contributed by atoms with Crippen LogP contribution in [-0.4, -0.2) is 36.7 Å². The van der Waals surface area contributed by atoms with Crippen molar-refractivity contribution < 1.29 is 4.74 Å². The van der Waals surface area contributed by atoms with Gasteiger partial charge < -0.3 is 10.5 Å². The highest BCUT2D eigenvalue weighted by molar-refractivity contribution is 7.15. The molecule has 2 rings (SSSR count). The van der Waals surface area contributed by atoms with Crippen molar-refractivity contribution in [2.24, 2.45) is 5.92 Å². The normalized spacial score (nSPS) is 15.9. The van der Waals surface area contributed by atoms with E-state index < -0.39 is 0 Å². The Morgan fingerprint density at radius 3 is 3.06 bits per heavy atom. The van der Waals surface area contributed by atoms with E-state index in [9.17, 15) is 0 Å². The summed E-state index contributed by atoms with van der Waals surface area (Å²) in [5, 5.41) is 0.647. The number of hydrogen-bond acceptors (Lipinski definition) is 5. The molecular weight excluding hydrogens is 222 g/mol. The second-order valence-corrected chi connectivity index (χ2v) is 5.57. The van der Waals surface area contributed by atoms with Gasteiger partial charge in [0, 0.05) is 30.8 Å². The Kier molecular flexibility index (Phi) is 4.15. The smallest absolute Gasteiger partial charge is 0.180 e. The van der Waals surface area contributed by atoms with E-state index in [1.807, 2.05) is 6.20 Å². The summed E-state index contributed by atoms with van der Waals surface area (Å²) < 4.78 is 5.59. The Morgan fingerprint density at radius 1 is 1.62 bits per heavy atom. The molecule has 16 heavy (non-hydrogen) atoms. The van der Waals surface area contributed by atoms with Gasteiger partial charge in [-0.2, -0.15) is 0 Å². The van der Waals surface area contributed by atoms with E-state index in [0.29, 0.717) is 5.13 Å². The number of nitrogens with zero attached hydrogens (tertiary/aromatic N) is 2. The number of nitrogens with two attached hydrogens (primary N) is 1. The van der Waals surface area contributed by atoms with Crippen LogP contribution in [0.4, 0.5) is 5.13 Å². The molecule has 0 aromatic carbocycles. The molecule has 1 heterocycles. The number of nitrogen functional groups attached to an aromatic ring is 1. The number of hydrogen-bond donors (Lipinski definition) is 1. The first-order valence-electron chi connectivity index (χ1n) is 5.70. The van der Waals surface area contributed by atoms with Gasteiger partial charge in [-0.15, -0.1) is 11.3 Å². The standard InChI is InChI=1S/C11H19N3OS/c1-14(4-5-15-8-9-2-3-9)7-10-6-13-11(12)16-10/h6,9H,2-5,7-8H2,1H3,(H2,12,13). The van der Waals surface area contributed by atoms with E-state index in [1.54, 1.807) is 11.3 Å². The lowest BCUT2D eigenvalue weighted by Gasteiger charge is -2.15. The number of rotatable bonds is 7. The molecule has 0 atom stereocenters. The molecule has 0 unspecified atom stereocenters. The van der Waals surface area contributed by atoms with Gasteiger partial charge in [0.2, 0.25) is 0 Å². The fourth-order valence-electron chi connectivity index (χ4n) is 1.50. The maximum Gasteiger partial charge on any atom is 0.180 e. The second kappa shape index (κ2) is 5.61. The van der Waals surface area contributed by atoms with Crippen molar-refractivity contribution in [2.75, 3.05) is 32.5 Å². The molecule has 0 saturated heterocycles. The largest absolute Gasteiger partial charge is 0.380 e. The van der Waals surface area contributed by atoms with E-state index in [2.05, 4.69) is 16.9 Å². The maximum absolute atomic E-state index is 5.59. The van der Waals surface area contributed by atoms with Crippen LogP contribution in [0.5, 0.6) is 0 Å². The van der Waals surface area contributed by atoms with Crippen LogP contribution in [0, 0.1) is 5.92 Å². The number of aromatic nitrogens is 1. The predicted octanol–water partition coefficient (Wildman–Crippen LogP) is 1.58. The maximum atomic E-state index is 5.59. The Hall–Kier alpha value is -0.650. The SMILES string of the molecule is CN(CCOCC1CC1)Cc1cnc(N)s1. The summed E-state index contributed by atoms with van der Waals surface area (Å²) in [7, 11) is 2.09. The minimum absolute atomic E-state index is 0.647. The molecule has 1 aromatic heterocycles. The molecule has 5 heteroatoms. The van der Waals surface area contributed by atoms with E-state index in [4.69, 9.17) is 10.5 Å². The van der Waals surface area contributed by atoms with Gasteiger partial charge in [0.25, 0.3) is 0 Å². The van der Waals surface area contributed by atoms with Gasteiger partial charge in [0.05, 0.1) is 6.61 Å². The first-order chi connectivity index (χ1) is 7.74. The molecule has 90 valence electrons. The summed E-state index contributed by atoms with van der Waals surface area (Å²) in [5.74, 6) is 0.853. The Bertz CT molecular complexity index is 325. The topological polar surface area (TPSA) is 51.4 Å². The number of ether oxygens (including phenoxy) is 1. The summed E-state index contributed by atoms with van der Waals surface area (Å²) in [5.41, 5.74) is 5.58. The molecule has 0 spiro atoms. The lowest BCUT2D eigenvalue weighted by molar-refractivity contribution is 0.102. The van der Waals surface area contributed by atoms with Crippen molar-refractivity contribution in [1.29, 1.82) is 0 Å². The second-order valence-electron chi connectivity index (χ2n) is 4.42. The van der Waals surface area contributed by atoms with Crippen molar-refractivity contribution in [3.63, 3.8) is 0 Å². The summed E-state index contributed by atoms with van der Waals surface area (Å²) in [6.07, 6.45) is 4.56. The van der Waals surface area contributed by atoms with Gasteiger partial charge in [-0.25, -0.2) is 4.98 Å². The molecule has 0 bridgehead atoms. The average molecular weight is 241 g/mol. The lowest BCUT2D eigenvalue weighted by Crippen LogP contribution is -2.22. The van der Waals surface area contributed by atoms with E-state index in [-0.39, 0.29) is 0 Å². The van der Waals surface area contributed by atoms with Crippen LogP contribution in [-0.2, 0) is 11.3 Å². The fourth-order valence-corrected chi connectivity index (χ4v) is 2.26. The zero-order valence-electron chi connectivity index (χ0n) is 9.69. The minimum atomic E-state index is 0.647. The summed E-state index contributed by atoms with van der Waals surface area (Å²) >= 11 is 1.55.